The number of carbonyl (C=O) groups excluding carboxylic acids is 3. The molecule has 2 aromatic rings. The van der Waals surface area contributed by atoms with Crippen LogP contribution >= 0.6 is 0 Å². The van der Waals surface area contributed by atoms with Crippen LogP contribution in [0.2, 0.25) is 0 Å². The molecular weight excluding hydrogens is 414 g/mol. The van der Waals surface area contributed by atoms with Crippen LogP contribution in [0.3, 0.4) is 0 Å². The molecule has 2 aliphatic rings. The third kappa shape index (κ3) is 5.10. The molecule has 0 saturated carbocycles. The minimum atomic E-state index is -0.578. The van der Waals surface area contributed by atoms with Crippen LogP contribution in [0.1, 0.15) is 61.0 Å². The molecular formula is C27H33N3O3. The number of hydrogen-bond donors (Lipinski definition) is 1. The smallest absolute Gasteiger partial charge is 0.254 e. The molecule has 4 rings (SSSR count). The van der Waals surface area contributed by atoms with Gasteiger partial charge in [0.05, 0.1) is 12.0 Å². The van der Waals surface area contributed by atoms with E-state index in [2.05, 4.69) is 17.4 Å². The largest absolute Gasteiger partial charge is 0.354 e. The van der Waals surface area contributed by atoms with Crippen molar-refractivity contribution in [3.05, 3.63) is 71.3 Å². The van der Waals surface area contributed by atoms with Gasteiger partial charge in [-0.15, -0.1) is 0 Å². The van der Waals surface area contributed by atoms with Crippen molar-refractivity contribution in [2.75, 3.05) is 13.1 Å². The number of amides is 3. The van der Waals surface area contributed by atoms with E-state index >= 15 is 0 Å². The van der Waals surface area contributed by atoms with Gasteiger partial charge in [-0.05, 0) is 49.8 Å². The SMILES string of the molecule is CC(=O)N1CCC(CC(=O)NC(C)CCc2ccccc2)(N2Cc3ccccc3C2=O)CC1. The average molecular weight is 448 g/mol. The molecule has 0 aromatic heterocycles. The molecule has 1 fully saturated rings. The molecule has 33 heavy (non-hydrogen) atoms. The number of nitrogens with one attached hydrogen (secondary N) is 1. The van der Waals surface area contributed by atoms with Crippen LogP contribution in [0.15, 0.2) is 54.6 Å². The van der Waals surface area contributed by atoms with E-state index in [1.54, 1.807) is 6.92 Å². The summed E-state index contributed by atoms with van der Waals surface area (Å²) < 4.78 is 0. The number of carbonyl (C=O) groups is 3. The normalized spacial score (nSPS) is 18.1. The van der Waals surface area contributed by atoms with Crippen LogP contribution in [-0.2, 0) is 22.6 Å². The Morgan fingerprint density at radius 3 is 2.36 bits per heavy atom. The van der Waals surface area contributed by atoms with Gasteiger partial charge in [-0.1, -0.05) is 48.5 Å². The Kier molecular flexibility index (Phi) is 6.82. The van der Waals surface area contributed by atoms with Crippen molar-refractivity contribution >= 4 is 17.7 Å². The van der Waals surface area contributed by atoms with Gasteiger partial charge < -0.3 is 15.1 Å². The van der Waals surface area contributed by atoms with Crippen LogP contribution in [-0.4, -0.2) is 52.2 Å². The molecule has 0 radical (unpaired) electrons. The third-order valence-electron chi connectivity index (χ3n) is 7.14. The Labute approximate surface area is 196 Å². The maximum absolute atomic E-state index is 13.3. The van der Waals surface area contributed by atoms with Gasteiger partial charge in [0.15, 0.2) is 0 Å². The number of likely N-dealkylation sites (tertiary alicyclic amines) is 1. The summed E-state index contributed by atoms with van der Waals surface area (Å²) in [5, 5.41) is 3.16. The zero-order chi connectivity index (χ0) is 23.4. The predicted octanol–water partition coefficient (Wildman–Crippen LogP) is 3.55. The first-order valence-corrected chi connectivity index (χ1v) is 11.9. The Morgan fingerprint density at radius 1 is 1.03 bits per heavy atom. The van der Waals surface area contributed by atoms with E-state index in [0.717, 1.165) is 24.0 Å². The summed E-state index contributed by atoms with van der Waals surface area (Å²) in [7, 11) is 0. The first-order valence-electron chi connectivity index (χ1n) is 11.9. The fraction of sp³-hybridized carbons (Fsp3) is 0.444. The average Bonchev–Trinajstić information content (AvgIpc) is 3.16. The highest BCUT2D eigenvalue weighted by atomic mass is 16.2. The molecule has 2 aliphatic heterocycles. The second kappa shape index (κ2) is 9.77. The highest BCUT2D eigenvalue weighted by molar-refractivity contribution is 5.99. The lowest BCUT2D eigenvalue weighted by Gasteiger charge is -2.47. The minimum absolute atomic E-state index is 0.00759. The lowest BCUT2D eigenvalue weighted by Crippen LogP contribution is -2.58. The molecule has 1 unspecified atom stereocenters. The minimum Gasteiger partial charge on any atom is -0.354 e. The summed E-state index contributed by atoms with van der Waals surface area (Å²) in [5.41, 5.74) is 2.41. The summed E-state index contributed by atoms with van der Waals surface area (Å²) in [5.74, 6) is 0.000939. The molecule has 0 spiro atoms. The maximum atomic E-state index is 13.3. The fourth-order valence-electron chi connectivity index (χ4n) is 5.14. The molecule has 2 heterocycles. The van der Waals surface area contributed by atoms with E-state index in [0.29, 0.717) is 32.5 Å². The van der Waals surface area contributed by atoms with Gasteiger partial charge in [0.2, 0.25) is 11.8 Å². The third-order valence-corrected chi connectivity index (χ3v) is 7.14. The van der Waals surface area contributed by atoms with Gasteiger partial charge in [0.25, 0.3) is 5.91 Å². The van der Waals surface area contributed by atoms with Crippen molar-refractivity contribution in [1.29, 1.82) is 0 Å². The summed E-state index contributed by atoms with van der Waals surface area (Å²) >= 11 is 0. The molecule has 1 N–H and O–H groups in total. The Balaban J connectivity index is 1.45. The molecule has 0 aliphatic carbocycles. The summed E-state index contributed by atoms with van der Waals surface area (Å²) in [6, 6.07) is 18.0. The monoisotopic (exact) mass is 447 g/mol. The van der Waals surface area contributed by atoms with Gasteiger partial charge in [-0.3, -0.25) is 14.4 Å². The van der Waals surface area contributed by atoms with Crippen molar-refractivity contribution < 1.29 is 14.4 Å². The highest BCUT2D eigenvalue weighted by Crippen LogP contribution is 2.38. The number of fused-ring (bicyclic) bond motifs is 1. The lowest BCUT2D eigenvalue weighted by molar-refractivity contribution is -0.132. The lowest BCUT2D eigenvalue weighted by atomic mass is 9.82. The molecule has 174 valence electrons. The van der Waals surface area contributed by atoms with Crippen molar-refractivity contribution in [3.63, 3.8) is 0 Å². The van der Waals surface area contributed by atoms with E-state index in [4.69, 9.17) is 0 Å². The summed E-state index contributed by atoms with van der Waals surface area (Å²) in [4.78, 5) is 42.1. The number of hydrogen-bond acceptors (Lipinski definition) is 3. The van der Waals surface area contributed by atoms with Crippen LogP contribution in [0.25, 0.3) is 0 Å². The van der Waals surface area contributed by atoms with E-state index in [1.807, 2.05) is 59.2 Å². The summed E-state index contributed by atoms with van der Waals surface area (Å²) in [6.07, 6.45) is 3.24. The Bertz CT molecular complexity index is 1010. The standard InChI is InChI=1S/C27H33N3O3/c1-20(12-13-22-8-4-3-5-9-22)28-25(32)18-27(14-16-29(17-15-27)21(2)31)30-19-23-10-6-7-11-24(23)26(30)33/h3-11,20H,12-19H2,1-2H3,(H,28,32). The van der Waals surface area contributed by atoms with Gasteiger partial charge in [0, 0.05) is 38.2 Å². The van der Waals surface area contributed by atoms with Gasteiger partial charge in [0.1, 0.15) is 0 Å². The number of benzene rings is 2. The Morgan fingerprint density at radius 2 is 1.70 bits per heavy atom. The van der Waals surface area contributed by atoms with Crippen molar-refractivity contribution in [2.24, 2.45) is 0 Å². The predicted molar refractivity (Wildman–Crippen MR) is 128 cm³/mol. The van der Waals surface area contributed by atoms with Crippen LogP contribution in [0.5, 0.6) is 0 Å². The van der Waals surface area contributed by atoms with Crippen LogP contribution < -0.4 is 5.32 Å². The molecule has 6 heteroatoms. The van der Waals surface area contributed by atoms with Gasteiger partial charge >= 0.3 is 0 Å². The fourth-order valence-corrected chi connectivity index (χ4v) is 5.14. The topological polar surface area (TPSA) is 69.7 Å². The zero-order valence-electron chi connectivity index (χ0n) is 19.5. The van der Waals surface area contributed by atoms with E-state index in [9.17, 15) is 14.4 Å². The van der Waals surface area contributed by atoms with Crippen LogP contribution in [0.4, 0.5) is 0 Å². The van der Waals surface area contributed by atoms with Crippen LogP contribution in [0, 0.1) is 0 Å². The summed E-state index contributed by atoms with van der Waals surface area (Å²) in [6.45, 7) is 5.25. The van der Waals surface area contributed by atoms with Gasteiger partial charge in [-0.25, -0.2) is 0 Å². The van der Waals surface area contributed by atoms with Gasteiger partial charge in [-0.2, -0.15) is 0 Å². The Hall–Kier alpha value is -3.15. The highest BCUT2D eigenvalue weighted by Gasteiger charge is 2.47. The molecule has 0 bridgehead atoms. The molecule has 1 saturated heterocycles. The molecule has 1 atom stereocenters. The number of rotatable bonds is 7. The number of nitrogens with zero attached hydrogens (tertiary/aromatic N) is 2. The zero-order valence-corrected chi connectivity index (χ0v) is 19.5. The van der Waals surface area contributed by atoms with Crippen molar-refractivity contribution in [1.82, 2.24) is 15.1 Å². The number of piperidine rings is 1. The molecule has 3 amide bonds. The first kappa shape index (κ1) is 23.0. The van der Waals surface area contributed by atoms with Crippen molar-refractivity contribution in [3.8, 4) is 0 Å². The number of aryl methyl sites for hydroxylation is 1. The molecule has 2 aromatic carbocycles. The van der Waals surface area contributed by atoms with E-state index in [1.165, 1.54) is 5.56 Å². The second-order valence-corrected chi connectivity index (χ2v) is 9.45. The van der Waals surface area contributed by atoms with E-state index in [-0.39, 0.29) is 30.2 Å². The first-order chi connectivity index (χ1) is 15.9. The maximum Gasteiger partial charge on any atom is 0.254 e. The van der Waals surface area contributed by atoms with E-state index < -0.39 is 5.54 Å². The molecule has 6 nitrogen and oxygen atoms in total. The quantitative estimate of drug-likeness (QED) is 0.706. The second-order valence-electron chi connectivity index (χ2n) is 9.45. The van der Waals surface area contributed by atoms with Crippen molar-refractivity contribution in [2.45, 2.75) is 64.1 Å².